The van der Waals surface area contributed by atoms with Crippen molar-refractivity contribution in [3.63, 3.8) is 0 Å². The minimum atomic E-state index is -0.0634. The van der Waals surface area contributed by atoms with Crippen molar-refractivity contribution in [1.29, 1.82) is 0 Å². The van der Waals surface area contributed by atoms with E-state index in [1.807, 2.05) is 18.5 Å². The molecule has 5 heteroatoms. The fourth-order valence-electron chi connectivity index (χ4n) is 4.48. The number of rotatable bonds is 2. The molecule has 0 N–H and O–H groups in total. The lowest BCUT2D eigenvalue weighted by Crippen LogP contribution is -2.30. The fourth-order valence-corrected chi connectivity index (χ4v) is 5.39. The quantitative estimate of drug-likeness (QED) is 0.313. The molecule has 4 nitrogen and oxygen atoms in total. The zero-order valence-electron chi connectivity index (χ0n) is 17.3. The van der Waals surface area contributed by atoms with Crippen LogP contribution in [0.4, 0.5) is 17.1 Å². The van der Waals surface area contributed by atoms with Crippen LogP contribution in [-0.2, 0) is 5.41 Å². The lowest BCUT2D eigenvalue weighted by Gasteiger charge is -2.41. The first-order valence-corrected chi connectivity index (χ1v) is 11.1. The molecule has 0 saturated heterocycles. The van der Waals surface area contributed by atoms with E-state index in [2.05, 4.69) is 84.4 Å². The van der Waals surface area contributed by atoms with E-state index in [0.717, 1.165) is 26.6 Å². The van der Waals surface area contributed by atoms with Crippen LogP contribution in [0.15, 0.2) is 85.3 Å². The van der Waals surface area contributed by atoms with Crippen LogP contribution in [0.25, 0.3) is 20.9 Å². The molecule has 0 saturated carbocycles. The van der Waals surface area contributed by atoms with Gasteiger partial charge in [0.15, 0.2) is 0 Å². The maximum absolute atomic E-state index is 4.79. The summed E-state index contributed by atoms with van der Waals surface area (Å²) in [6.45, 7) is 4.59. The van der Waals surface area contributed by atoms with Gasteiger partial charge in [0.1, 0.15) is 5.01 Å². The van der Waals surface area contributed by atoms with Gasteiger partial charge in [-0.25, -0.2) is 4.98 Å². The summed E-state index contributed by atoms with van der Waals surface area (Å²) in [5, 5.41) is 0.912. The predicted octanol–water partition coefficient (Wildman–Crippen LogP) is 6.86. The Morgan fingerprint density at radius 1 is 0.806 bits per heavy atom. The molecule has 31 heavy (non-hydrogen) atoms. The molecule has 0 atom stereocenters. The highest BCUT2D eigenvalue weighted by Crippen LogP contribution is 2.51. The second kappa shape index (κ2) is 6.72. The summed E-state index contributed by atoms with van der Waals surface area (Å²) >= 11 is 1.62. The molecule has 150 valence electrons. The van der Waals surface area contributed by atoms with Crippen LogP contribution < -0.4 is 4.90 Å². The number of nitrogens with zero attached hydrogens (tertiary/aromatic N) is 4. The van der Waals surface area contributed by atoms with E-state index in [1.165, 1.54) is 22.5 Å². The Morgan fingerprint density at radius 2 is 1.52 bits per heavy atom. The predicted molar refractivity (Wildman–Crippen MR) is 127 cm³/mol. The Balaban J connectivity index is 1.47. The maximum Gasteiger partial charge on any atom is 0.143 e. The molecule has 0 unspecified atom stereocenters. The zero-order chi connectivity index (χ0) is 21.0. The van der Waals surface area contributed by atoms with Crippen molar-refractivity contribution in [1.82, 2.24) is 15.0 Å². The van der Waals surface area contributed by atoms with Gasteiger partial charge in [-0.3, -0.25) is 9.97 Å². The summed E-state index contributed by atoms with van der Waals surface area (Å²) in [5.74, 6) is 0. The third-order valence-corrected chi connectivity index (χ3v) is 7.08. The van der Waals surface area contributed by atoms with Crippen molar-refractivity contribution in [2.24, 2.45) is 0 Å². The number of anilines is 3. The van der Waals surface area contributed by atoms with E-state index >= 15 is 0 Å². The lowest BCUT2D eigenvalue weighted by molar-refractivity contribution is 0.632. The first kappa shape index (κ1) is 18.2. The van der Waals surface area contributed by atoms with E-state index < -0.39 is 0 Å². The lowest BCUT2D eigenvalue weighted by atomic mass is 9.73. The van der Waals surface area contributed by atoms with Crippen molar-refractivity contribution in [2.75, 3.05) is 4.90 Å². The number of hydrogen-bond acceptors (Lipinski definition) is 5. The van der Waals surface area contributed by atoms with Gasteiger partial charge in [-0.1, -0.05) is 50.2 Å². The summed E-state index contributed by atoms with van der Waals surface area (Å²) in [6.07, 6.45) is 5.58. The molecule has 0 spiro atoms. The Labute approximate surface area is 184 Å². The molecule has 1 aliphatic heterocycles. The molecule has 0 fully saturated rings. The number of fused-ring (bicyclic) bond motifs is 3. The van der Waals surface area contributed by atoms with Gasteiger partial charge >= 0.3 is 0 Å². The van der Waals surface area contributed by atoms with Gasteiger partial charge < -0.3 is 4.90 Å². The number of pyridine rings is 2. The maximum atomic E-state index is 4.79. The Morgan fingerprint density at radius 3 is 2.16 bits per heavy atom. The van der Waals surface area contributed by atoms with Crippen LogP contribution in [-0.4, -0.2) is 15.0 Å². The summed E-state index contributed by atoms with van der Waals surface area (Å²) in [4.78, 5) is 16.0. The zero-order valence-corrected chi connectivity index (χ0v) is 18.1. The molecule has 0 aliphatic carbocycles. The molecule has 0 amide bonds. The van der Waals surface area contributed by atoms with Crippen LogP contribution in [0, 0.1) is 0 Å². The van der Waals surface area contributed by atoms with Crippen molar-refractivity contribution >= 4 is 38.6 Å². The normalized spacial score (nSPS) is 14.3. The number of aromatic nitrogens is 3. The second-order valence-corrected chi connectivity index (χ2v) is 9.29. The van der Waals surface area contributed by atoms with Crippen LogP contribution in [0.1, 0.15) is 25.0 Å². The third-order valence-electron chi connectivity index (χ3n) is 6.05. The highest BCUT2D eigenvalue weighted by atomic mass is 32.1. The average molecular weight is 421 g/mol. The average Bonchev–Trinajstić information content (AvgIpc) is 3.24. The van der Waals surface area contributed by atoms with Crippen molar-refractivity contribution in [2.45, 2.75) is 19.3 Å². The number of hydrogen-bond donors (Lipinski definition) is 0. The smallest absolute Gasteiger partial charge is 0.143 e. The van der Waals surface area contributed by atoms with Gasteiger partial charge in [0.05, 0.1) is 39.2 Å². The first-order chi connectivity index (χ1) is 15.1. The van der Waals surface area contributed by atoms with Gasteiger partial charge in [-0.15, -0.1) is 11.3 Å². The van der Waals surface area contributed by atoms with Crippen LogP contribution >= 0.6 is 11.3 Å². The fraction of sp³-hybridized carbons (Fsp3) is 0.115. The topological polar surface area (TPSA) is 41.9 Å². The Bertz CT molecular complexity index is 1340. The highest BCUT2D eigenvalue weighted by molar-refractivity contribution is 7.21. The molecule has 6 rings (SSSR count). The largest absolute Gasteiger partial charge is 0.308 e. The minimum absolute atomic E-state index is 0.0634. The summed E-state index contributed by atoms with van der Waals surface area (Å²) in [5.41, 5.74) is 7.85. The second-order valence-electron chi connectivity index (χ2n) is 8.26. The monoisotopic (exact) mass is 420 g/mol. The van der Waals surface area contributed by atoms with Crippen molar-refractivity contribution in [3.05, 3.63) is 96.4 Å². The van der Waals surface area contributed by atoms with Crippen LogP contribution in [0.5, 0.6) is 0 Å². The van der Waals surface area contributed by atoms with Gasteiger partial charge in [0.25, 0.3) is 0 Å². The van der Waals surface area contributed by atoms with E-state index in [4.69, 9.17) is 9.97 Å². The van der Waals surface area contributed by atoms with Gasteiger partial charge in [-0.2, -0.15) is 0 Å². The minimum Gasteiger partial charge on any atom is -0.308 e. The molecule has 1 aliphatic rings. The standard InChI is InChI=1S/C26H20N4S/c1-26(2)18-7-3-5-9-22(18)30(23-10-6-4-8-19(23)26)17-11-12-21(28-15-17)25-29-20-13-14-27-16-24(20)31-25/h3-16H,1-2H3. The summed E-state index contributed by atoms with van der Waals surface area (Å²) < 4.78 is 1.07. The van der Waals surface area contributed by atoms with Gasteiger partial charge in [0.2, 0.25) is 0 Å². The highest BCUT2D eigenvalue weighted by Gasteiger charge is 2.36. The van der Waals surface area contributed by atoms with Crippen molar-refractivity contribution < 1.29 is 0 Å². The van der Waals surface area contributed by atoms with E-state index in [9.17, 15) is 0 Å². The van der Waals surface area contributed by atoms with E-state index in [-0.39, 0.29) is 5.41 Å². The van der Waals surface area contributed by atoms with Gasteiger partial charge in [-0.05, 0) is 41.5 Å². The number of thiazole rings is 1. The molecular formula is C26H20N4S. The van der Waals surface area contributed by atoms with E-state index in [0.29, 0.717) is 0 Å². The molecule has 2 aromatic carbocycles. The van der Waals surface area contributed by atoms with Crippen LogP contribution in [0.2, 0.25) is 0 Å². The molecule has 0 bridgehead atoms. The molecule has 5 aromatic rings. The molecule has 0 radical (unpaired) electrons. The molecule has 3 aromatic heterocycles. The molecular weight excluding hydrogens is 400 g/mol. The van der Waals surface area contributed by atoms with E-state index in [1.54, 1.807) is 17.5 Å². The van der Waals surface area contributed by atoms with Crippen LogP contribution in [0.3, 0.4) is 0 Å². The SMILES string of the molecule is CC1(C)c2ccccc2N(c2ccc(-c3nc4ccncc4s3)nc2)c2ccccc21. The Kier molecular flexibility index (Phi) is 3.95. The first-order valence-electron chi connectivity index (χ1n) is 10.3. The summed E-state index contributed by atoms with van der Waals surface area (Å²) in [6, 6.07) is 23.4. The van der Waals surface area contributed by atoms with Crippen molar-refractivity contribution in [3.8, 4) is 10.7 Å². The number of para-hydroxylation sites is 2. The molecule has 4 heterocycles. The van der Waals surface area contributed by atoms with Gasteiger partial charge in [0, 0.05) is 17.8 Å². The summed E-state index contributed by atoms with van der Waals surface area (Å²) in [7, 11) is 0. The Hall–Kier alpha value is -3.57. The number of benzene rings is 2. The third kappa shape index (κ3) is 2.77.